The lowest BCUT2D eigenvalue weighted by Gasteiger charge is -2.31. The number of hydrogen-bond donors (Lipinski definition) is 0. The summed E-state index contributed by atoms with van der Waals surface area (Å²) in [5.41, 5.74) is 0. The monoisotopic (exact) mass is 297 g/mol. The molecule has 0 aromatic rings. The van der Waals surface area contributed by atoms with Gasteiger partial charge in [0.05, 0.1) is 6.61 Å². The molecule has 0 heterocycles. The molecule has 0 N–H and O–H groups in total. The average molecular weight is 297 g/mol. The minimum absolute atomic E-state index is 0.454. The Kier molecular flexibility index (Phi) is 5.18. The summed E-state index contributed by atoms with van der Waals surface area (Å²) in [5.74, 6) is -25.6. The Bertz CT molecular complexity index is 356. The van der Waals surface area contributed by atoms with E-state index in [0.717, 1.165) is 7.11 Å². The van der Waals surface area contributed by atoms with Gasteiger partial charge >= 0.3 is 23.7 Å². The van der Waals surface area contributed by atoms with Crippen molar-refractivity contribution in [2.75, 3.05) is 20.3 Å². The first-order valence-corrected chi connectivity index (χ1v) is 4.44. The number of carboxylic acid groups (broad SMARTS) is 1. The Morgan fingerprint density at radius 1 is 1.00 bits per heavy atom. The lowest BCUT2D eigenvalue weighted by atomic mass is 10.0. The number of methoxy groups -OCH3 is 1. The largest absolute Gasteiger partial charge is 0.544 e. The van der Waals surface area contributed by atoms with Gasteiger partial charge in [-0.05, 0) is 0 Å². The van der Waals surface area contributed by atoms with Gasteiger partial charge in [-0.3, -0.25) is 0 Å². The number of aliphatic carboxylic acids is 1. The molecule has 0 amide bonds. The first-order chi connectivity index (χ1) is 8.42. The maximum atomic E-state index is 12.8. The molecule has 0 aliphatic carbocycles. The molecule has 0 unspecified atom stereocenters. The predicted molar refractivity (Wildman–Crippen MR) is 42.7 cm³/mol. The van der Waals surface area contributed by atoms with Crippen LogP contribution in [0.2, 0.25) is 0 Å². The number of carbonyl (C=O) groups is 2. The van der Waals surface area contributed by atoms with Crippen LogP contribution in [0.5, 0.6) is 0 Å². The minimum Gasteiger partial charge on any atom is -0.544 e. The predicted octanol–water partition coefficient (Wildman–Crippen LogP) is -0.168. The molecule has 0 saturated carbocycles. The van der Waals surface area contributed by atoms with Gasteiger partial charge in [0, 0.05) is 7.11 Å². The van der Waals surface area contributed by atoms with E-state index in [1.54, 1.807) is 0 Å². The molecule has 0 aliphatic rings. The molecule has 5 nitrogen and oxygen atoms in total. The second-order valence-corrected chi connectivity index (χ2v) is 3.14. The molecule has 0 bridgehead atoms. The molecule has 0 rings (SSSR count). The van der Waals surface area contributed by atoms with Crippen LogP contribution in [-0.4, -0.2) is 50.0 Å². The van der Waals surface area contributed by atoms with E-state index >= 15 is 0 Å². The number of esters is 1. The van der Waals surface area contributed by atoms with Gasteiger partial charge in [0.1, 0.15) is 12.6 Å². The SMILES string of the molecule is COCCOC(=O)C(F)(F)C(F)(F)C(F)(F)C(=O)[O-]. The Morgan fingerprint density at radius 3 is 1.84 bits per heavy atom. The van der Waals surface area contributed by atoms with Crippen molar-refractivity contribution in [1.29, 1.82) is 0 Å². The van der Waals surface area contributed by atoms with E-state index < -0.39 is 42.9 Å². The normalized spacial score (nSPS) is 13.2. The fourth-order valence-corrected chi connectivity index (χ4v) is 0.762. The number of hydrogen-bond acceptors (Lipinski definition) is 5. The number of rotatable bonds is 7. The lowest BCUT2D eigenvalue weighted by Crippen LogP contribution is -2.64. The molecule has 0 aromatic heterocycles. The van der Waals surface area contributed by atoms with E-state index in [1.165, 1.54) is 0 Å². The zero-order valence-electron chi connectivity index (χ0n) is 9.22. The molecule has 0 saturated heterocycles. The second kappa shape index (κ2) is 5.63. The van der Waals surface area contributed by atoms with Crippen LogP contribution in [0.25, 0.3) is 0 Å². The first kappa shape index (κ1) is 17.5. The fourth-order valence-electron chi connectivity index (χ4n) is 0.762. The molecular formula is C8H7F6O5-. The van der Waals surface area contributed by atoms with Crippen molar-refractivity contribution < 1.29 is 50.5 Å². The summed E-state index contributed by atoms with van der Waals surface area (Å²) < 4.78 is 83.8. The highest BCUT2D eigenvalue weighted by Gasteiger charge is 2.76. The van der Waals surface area contributed by atoms with Crippen molar-refractivity contribution >= 4 is 11.9 Å². The van der Waals surface area contributed by atoms with Gasteiger partial charge in [0.25, 0.3) is 0 Å². The Balaban J connectivity index is 5.16. The van der Waals surface area contributed by atoms with Crippen LogP contribution in [0.15, 0.2) is 0 Å². The molecule has 0 fully saturated rings. The topological polar surface area (TPSA) is 75.7 Å². The van der Waals surface area contributed by atoms with Gasteiger partial charge in [-0.2, -0.15) is 26.3 Å². The number of carboxylic acids is 1. The van der Waals surface area contributed by atoms with Crippen molar-refractivity contribution in [1.82, 2.24) is 0 Å². The minimum atomic E-state index is -6.51. The lowest BCUT2D eigenvalue weighted by molar-refractivity contribution is -0.366. The standard InChI is InChI=1S/C8H8F6O5/c1-18-2-3-19-5(17)7(11,12)8(13,14)6(9,10)4(15)16/h2-3H2,1H3,(H,15,16)/p-1. The first-order valence-electron chi connectivity index (χ1n) is 4.44. The van der Waals surface area contributed by atoms with E-state index in [9.17, 15) is 41.0 Å². The maximum Gasteiger partial charge on any atom is 0.411 e. The third kappa shape index (κ3) is 3.08. The van der Waals surface area contributed by atoms with Gasteiger partial charge in [0.15, 0.2) is 0 Å². The molecule has 19 heavy (non-hydrogen) atoms. The van der Waals surface area contributed by atoms with Crippen LogP contribution in [0.4, 0.5) is 26.3 Å². The van der Waals surface area contributed by atoms with Gasteiger partial charge in [-0.1, -0.05) is 0 Å². The third-order valence-corrected chi connectivity index (χ3v) is 1.82. The van der Waals surface area contributed by atoms with Crippen molar-refractivity contribution in [3.8, 4) is 0 Å². The average Bonchev–Trinajstić information content (AvgIpc) is 2.28. The summed E-state index contributed by atoms with van der Waals surface area (Å²) in [5, 5.41) is 9.75. The Morgan fingerprint density at radius 2 is 1.47 bits per heavy atom. The highest BCUT2D eigenvalue weighted by atomic mass is 19.3. The molecule has 0 aromatic carbocycles. The summed E-state index contributed by atoms with van der Waals surface area (Å²) in [7, 11) is 1.06. The third-order valence-electron chi connectivity index (χ3n) is 1.82. The van der Waals surface area contributed by atoms with Gasteiger partial charge in [-0.15, -0.1) is 0 Å². The summed E-state index contributed by atoms with van der Waals surface area (Å²) in [6.07, 6.45) is 0. The van der Waals surface area contributed by atoms with Crippen LogP contribution >= 0.6 is 0 Å². The summed E-state index contributed by atoms with van der Waals surface area (Å²) in [6, 6.07) is 0. The van der Waals surface area contributed by atoms with E-state index in [4.69, 9.17) is 0 Å². The van der Waals surface area contributed by atoms with Crippen LogP contribution < -0.4 is 5.11 Å². The zero-order valence-corrected chi connectivity index (χ0v) is 9.22. The molecule has 112 valence electrons. The van der Waals surface area contributed by atoms with Gasteiger partial charge < -0.3 is 19.4 Å². The van der Waals surface area contributed by atoms with Crippen molar-refractivity contribution in [2.24, 2.45) is 0 Å². The van der Waals surface area contributed by atoms with Gasteiger partial charge in [0.2, 0.25) is 0 Å². The quantitative estimate of drug-likeness (QED) is 0.370. The highest BCUT2D eigenvalue weighted by molar-refractivity contribution is 5.83. The van der Waals surface area contributed by atoms with Crippen molar-refractivity contribution in [2.45, 2.75) is 17.8 Å². The highest BCUT2D eigenvalue weighted by Crippen LogP contribution is 2.46. The Labute approximate surface area is 102 Å². The number of ether oxygens (including phenoxy) is 2. The number of halogens is 6. The Hall–Kier alpha value is -1.52. The number of carbonyl (C=O) groups excluding carboxylic acids is 2. The number of alkyl halides is 6. The molecule has 11 heteroatoms. The van der Waals surface area contributed by atoms with E-state index in [2.05, 4.69) is 9.47 Å². The van der Waals surface area contributed by atoms with Crippen molar-refractivity contribution in [3.63, 3.8) is 0 Å². The van der Waals surface area contributed by atoms with E-state index in [1.807, 2.05) is 0 Å². The maximum absolute atomic E-state index is 12.8. The summed E-state index contributed by atoms with van der Waals surface area (Å²) >= 11 is 0. The summed E-state index contributed by atoms with van der Waals surface area (Å²) in [4.78, 5) is 20.4. The fraction of sp³-hybridized carbons (Fsp3) is 0.750. The van der Waals surface area contributed by atoms with E-state index in [0.29, 0.717) is 0 Å². The van der Waals surface area contributed by atoms with E-state index in [-0.39, 0.29) is 0 Å². The van der Waals surface area contributed by atoms with Gasteiger partial charge in [-0.25, -0.2) is 4.79 Å². The van der Waals surface area contributed by atoms with Crippen LogP contribution in [-0.2, 0) is 19.1 Å². The smallest absolute Gasteiger partial charge is 0.411 e. The second-order valence-electron chi connectivity index (χ2n) is 3.14. The van der Waals surface area contributed by atoms with Crippen LogP contribution in [0.1, 0.15) is 0 Å². The molecule has 0 atom stereocenters. The van der Waals surface area contributed by atoms with Crippen LogP contribution in [0, 0.1) is 0 Å². The molecule has 0 aliphatic heterocycles. The van der Waals surface area contributed by atoms with Crippen molar-refractivity contribution in [3.05, 3.63) is 0 Å². The summed E-state index contributed by atoms with van der Waals surface area (Å²) in [6.45, 7) is -1.36. The molecule has 0 radical (unpaired) electrons. The van der Waals surface area contributed by atoms with Crippen LogP contribution in [0.3, 0.4) is 0 Å². The molecular weight excluding hydrogens is 290 g/mol. The molecule has 0 spiro atoms. The zero-order chi connectivity index (χ0) is 15.5.